The molecule has 0 atom stereocenters. The quantitative estimate of drug-likeness (QED) is 0.766. The standard InChI is InChI=1S/C11H13N3O/c12-6-5-8-7-14(11(13)15)10-4-2-1-3-9(8)10/h1-4,7H,5-6,12H2,(H2,13,15). The normalized spacial score (nSPS) is 10.7. The van der Waals surface area contributed by atoms with Crippen LogP contribution in [0.25, 0.3) is 10.9 Å². The van der Waals surface area contributed by atoms with Gasteiger partial charge in [-0.15, -0.1) is 0 Å². The Bertz CT molecular complexity index is 502. The lowest BCUT2D eigenvalue weighted by molar-refractivity contribution is 0.251. The molecule has 0 spiro atoms. The van der Waals surface area contributed by atoms with Gasteiger partial charge in [0, 0.05) is 11.6 Å². The van der Waals surface area contributed by atoms with Crippen molar-refractivity contribution in [1.29, 1.82) is 0 Å². The minimum absolute atomic E-state index is 0.463. The molecule has 2 aromatic rings. The first-order chi connectivity index (χ1) is 7.24. The van der Waals surface area contributed by atoms with Gasteiger partial charge >= 0.3 is 6.03 Å². The number of nitrogens with two attached hydrogens (primary N) is 2. The maximum atomic E-state index is 11.2. The number of benzene rings is 1. The molecule has 0 saturated heterocycles. The van der Waals surface area contributed by atoms with Crippen molar-refractivity contribution in [3.05, 3.63) is 36.0 Å². The van der Waals surface area contributed by atoms with Crippen LogP contribution in [0.3, 0.4) is 0 Å². The van der Waals surface area contributed by atoms with Gasteiger partial charge in [0.15, 0.2) is 0 Å². The summed E-state index contributed by atoms with van der Waals surface area (Å²) in [5, 5.41) is 1.04. The molecule has 1 heterocycles. The van der Waals surface area contributed by atoms with Crippen LogP contribution in [0.2, 0.25) is 0 Å². The van der Waals surface area contributed by atoms with E-state index in [0.29, 0.717) is 6.54 Å². The predicted molar refractivity (Wildman–Crippen MR) is 59.7 cm³/mol. The molecule has 15 heavy (non-hydrogen) atoms. The van der Waals surface area contributed by atoms with E-state index in [0.717, 1.165) is 22.9 Å². The molecule has 0 bridgehead atoms. The first-order valence-corrected chi connectivity index (χ1v) is 4.83. The summed E-state index contributed by atoms with van der Waals surface area (Å²) in [6.07, 6.45) is 2.51. The van der Waals surface area contributed by atoms with Gasteiger partial charge in [0.1, 0.15) is 0 Å². The molecular weight excluding hydrogens is 190 g/mol. The van der Waals surface area contributed by atoms with E-state index in [1.807, 2.05) is 24.3 Å². The van der Waals surface area contributed by atoms with Gasteiger partial charge in [0.05, 0.1) is 5.52 Å². The van der Waals surface area contributed by atoms with E-state index < -0.39 is 6.03 Å². The summed E-state index contributed by atoms with van der Waals surface area (Å²) in [7, 11) is 0. The molecule has 4 nitrogen and oxygen atoms in total. The Hall–Kier alpha value is -1.81. The smallest absolute Gasteiger partial charge is 0.323 e. The number of primary amides is 1. The lowest BCUT2D eigenvalue weighted by Gasteiger charge is -1.96. The van der Waals surface area contributed by atoms with Crippen LogP contribution in [-0.2, 0) is 6.42 Å². The summed E-state index contributed by atoms with van der Waals surface area (Å²) in [4.78, 5) is 11.2. The van der Waals surface area contributed by atoms with Gasteiger partial charge in [-0.1, -0.05) is 18.2 Å². The molecular formula is C11H13N3O. The SMILES string of the molecule is NCCc1cn(C(N)=O)c2ccccc12. The Morgan fingerprint density at radius 3 is 2.73 bits per heavy atom. The van der Waals surface area contributed by atoms with Crippen LogP contribution in [-0.4, -0.2) is 17.1 Å². The molecule has 2 rings (SSSR count). The monoisotopic (exact) mass is 203 g/mol. The second kappa shape index (κ2) is 3.74. The van der Waals surface area contributed by atoms with Crippen molar-refractivity contribution in [2.75, 3.05) is 6.54 Å². The topological polar surface area (TPSA) is 74.0 Å². The summed E-state index contributed by atoms with van der Waals surface area (Å²) in [5.41, 5.74) is 12.7. The van der Waals surface area contributed by atoms with Crippen molar-refractivity contribution < 1.29 is 4.79 Å². The van der Waals surface area contributed by atoms with Crippen LogP contribution in [0.15, 0.2) is 30.5 Å². The Balaban J connectivity index is 2.67. The largest absolute Gasteiger partial charge is 0.351 e. The number of carbonyl (C=O) groups is 1. The lowest BCUT2D eigenvalue weighted by atomic mass is 10.1. The third-order valence-electron chi connectivity index (χ3n) is 2.45. The van der Waals surface area contributed by atoms with Gasteiger partial charge in [-0.25, -0.2) is 4.79 Å². The van der Waals surface area contributed by atoms with Crippen LogP contribution < -0.4 is 11.5 Å². The van der Waals surface area contributed by atoms with E-state index in [-0.39, 0.29) is 0 Å². The fourth-order valence-electron chi connectivity index (χ4n) is 1.79. The van der Waals surface area contributed by atoms with Crippen LogP contribution in [0.4, 0.5) is 4.79 Å². The average molecular weight is 203 g/mol. The summed E-state index contributed by atoms with van der Waals surface area (Å²) < 4.78 is 1.46. The molecule has 4 N–H and O–H groups in total. The number of hydrogen-bond donors (Lipinski definition) is 2. The molecule has 0 saturated carbocycles. The maximum absolute atomic E-state index is 11.2. The van der Waals surface area contributed by atoms with Crippen LogP contribution in [0, 0.1) is 0 Å². The van der Waals surface area contributed by atoms with Gasteiger partial charge in [0.25, 0.3) is 0 Å². The fourth-order valence-corrected chi connectivity index (χ4v) is 1.79. The first kappa shape index (κ1) is 9.73. The van der Waals surface area contributed by atoms with Crippen molar-refractivity contribution in [3.63, 3.8) is 0 Å². The van der Waals surface area contributed by atoms with E-state index in [1.54, 1.807) is 6.20 Å². The Morgan fingerprint density at radius 1 is 1.33 bits per heavy atom. The molecule has 78 valence electrons. The molecule has 0 aliphatic carbocycles. The van der Waals surface area contributed by atoms with Crippen LogP contribution >= 0.6 is 0 Å². The third-order valence-corrected chi connectivity index (χ3v) is 2.45. The molecule has 0 radical (unpaired) electrons. The summed E-state index contributed by atoms with van der Waals surface area (Å²) >= 11 is 0. The van der Waals surface area contributed by atoms with Gasteiger partial charge in [-0.2, -0.15) is 0 Å². The lowest BCUT2D eigenvalue weighted by Crippen LogP contribution is -2.18. The first-order valence-electron chi connectivity index (χ1n) is 4.83. The molecule has 0 aliphatic rings. The van der Waals surface area contributed by atoms with E-state index >= 15 is 0 Å². The Morgan fingerprint density at radius 2 is 2.07 bits per heavy atom. The van der Waals surface area contributed by atoms with Gasteiger partial charge in [-0.05, 0) is 24.6 Å². The van der Waals surface area contributed by atoms with E-state index in [2.05, 4.69) is 0 Å². The van der Waals surface area contributed by atoms with Crippen LogP contribution in [0.1, 0.15) is 5.56 Å². The maximum Gasteiger partial charge on any atom is 0.323 e. The fraction of sp³-hybridized carbons (Fsp3) is 0.182. The minimum Gasteiger partial charge on any atom is -0.351 e. The highest BCUT2D eigenvalue weighted by atomic mass is 16.2. The van der Waals surface area contributed by atoms with E-state index in [1.165, 1.54) is 4.57 Å². The number of para-hydroxylation sites is 1. The van der Waals surface area contributed by atoms with Gasteiger partial charge < -0.3 is 11.5 Å². The number of aromatic nitrogens is 1. The predicted octanol–water partition coefficient (Wildman–Crippen LogP) is 1.07. The molecule has 1 amide bonds. The van der Waals surface area contributed by atoms with Gasteiger partial charge in [-0.3, -0.25) is 4.57 Å². The number of fused-ring (bicyclic) bond motifs is 1. The number of carbonyl (C=O) groups excluding carboxylic acids is 1. The second-order valence-corrected chi connectivity index (χ2v) is 3.42. The third kappa shape index (κ3) is 1.59. The zero-order chi connectivity index (χ0) is 10.8. The number of hydrogen-bond acceptors (Lipinski definition) is 2. The van der Waals surface area contributed by atoms with Crippen LogP contribution in [0.5, 0.6) is 0 Å². The zero-order valence-corrected chi connectivity index (χ0v) is 8.31. The summed E-state index contributed by atoms with van der Waals surface area (Å²) in [5.74, 6) is 0. The number of rotatable bonds is 2. The molecule has 0 unspecified atom stereocenters. The molecule has 0 aliphatic heterocycles. The molecule has 1 aromatic carbocycles. The number of amides is 1. The molecule has 4 heteroatoms. The average Bonchev–Trinajstić information content (AvgIpc) is 2.59. The van der Waals surface area contributed by atoms with Gasteiger partial charge in [0.2, 0.25) is 0 Å². The van der Waals surface area contributed by atoms with E-state index in [4.69, 9.17) is 11.5 Å². The van der Waals surface area contributed by atoms with Crippen molar-refractivity contribution in [2.45, 2.75) is 6.42 Å². The Labute approximate surface area is 87.5 Å². The minimum atomic E-state index is -0.463. The highest BCUT2D eigenvalue weighted by Crippen LogP contribution is 2.20. The van der Waals surface area contributed by atoms with Crippen molar-refractivity contribution in [2.24, 2.45) is 11.5 Å². The zero-order valence-electron chi connectivity index (χ0n) is 8.31. The molecule has 0 fully saturated rings. The summed E-state index contributed by atoms with van der Waals surface area (Å²) in [6.45, 7) is 0.562. The molecule has 1 aromatic heterocycles. The van der Waals surface area contributed by atoms with Crippen molar-refractivity contribution in [1.82, 2.24) is 4.57 Å². The Kier molecular flexibility index (Phi) is 2.43. The second-order valence-electron chi connectivity index (χ2n) is 3.42. The highest BCUT2D eigenvalue weighted by Gasteiger charge is 2.09. The van der Waals surface area contributed by atoms with E-state index in [9.17, 15) is 4.79 Å². The summed E-state index contributed by atoms with van der Waals surface area (Å²) in [6, 6.07) is 7.20. The van der Waals surface area contributed by atoms with Crippen molar-refractivity contribution in [3.8, 4) is 0 Å². The number of nitrogens with zero attached hydrogens (tertiary/aromatic N) is 1. The highest BCUT2D eigenvalue weighted by molar-refractivity contribution is 5.93. The van der Waals surface area contributed by atoms with Crippen molar-refractivity contribution >= 4 is 16.9 Å².